The molecule has 2 amide bonds. The maximum atomic E-state index is 13.8. The molecule has 0 unspecified atom stereocenters. The molecule has 6 nitrogen and oxygen atoms in total. The van der Waals surface area contributed by atoms with Gasteiger partial charge in [0.25, 0.3) is 0 Å². The SMILES string of the molecule is CC[C@H](C)NC(=O)CN1C(=O)CS[C@H](c2ccccc2C)c2c(C(C)(C)C)nn(-c3ccc(F)cc3)c21. The second-order valence-corrected chi connectivity index (χ2v) is 11.7. The van der Waals surface area contributed by atoms with Crippen LogP contribution in [0.4, 0.5) is 10.2 Å². The fourth-order valence-electron chi connectivity index (χ4n) is 4.53. The number of nitrogens with zero attached hydrogens (tertiary/aromatic N) is 3. The summed E-state index contributed by atoms with van der Waals surface area (Å²) in [5.74, 6) is 0.0472. The second kappa shape index (κ2) is 10.7. The van der Waals surface area contributed by atoms with Crippen molar-refractivity contribution in [1.29, 1.82) is 0 Å². The Morgan fingerprint density at radius 2 is 1.86 bits per heavy atom. The monoisotopic (exact) mass is 522 g/mol. The van der Waals surface area contributed by atoms with E-state index < -0.39 is 0 Å². The van der Waals surface area contributed by atoms with Gasteiger partial charge in [0.15, 0.2) is 0 Å². The Kier molecular flexibility index (Phi) is 7.78. The first-order valence-electron chi connectivity index (χ1n) is 12.7. The third kappa shape index (κ3) is 5.59. The summed E-state index contributed by atoms with van der Waals surface area (Å²) in [6.45, 7) is 12.2. The first-order chi connectivity index (χ1) is 17.5. The number of aryl methyl sites for hydroxylation is 1. The molecule has 0 spiro atoms. The van der Waals surface area contributed by atoms with Crippen LogP contribution >= 0.6 is 11.8 Å². The van der Waals surface area contributed by atoms with Gasteiger partial charge < -0.3 is 5.32 Å². The van der Waals surface area contributed by atoms with Crippen LogP contribution < -0.4 is 10.2 Å². The topological polar surface area (TPSA) is 67.2 Å². The van der Waals surface area contributed by atoms with Crippen LogP contribution in [0.25, 0.3) is 5.69 Å². The maximum absolute atomic E-state index is 13.8. The highest BCUT2D eigenvalue weighted by Crippen LogP contribution is 2.49. The highest BCUT2D eigenvalue weighted by atomic mass is 32.2. The van der Waals surface area contributed by atoms with Gasteiger partial charge in [-0.2, -0.15) is 5.10 Å². The Morgan fingerprint density at radius 3 is 2.49 bits per heavy atom. The molecule has 2 atom stereocenters. The van der Waals surface area contributed by atoms with Crippen LogP contribution in [0.2, 0.25) is 0 Å². The molecule has 0 saturated carbocycles. The van der Waals surface area contributed by atoms with E-state index in [0.717, 1.165) is 28.8 Å². The van der Waals surface area contributed by atoms with E-state index in [1.54, 1.807) is 33.5 Å². The molecule has 3 aromatic rings. The Hall–Kier alpha value is -3.13. The van der Waals surface area contributed by atoms with E-state index in [0.29, 0.717) is 11.5 Å². The van der Waals surface area contributed by atoms with Gasteiger partial charge >= 0.3 is 0 Å². The fourth-order valence-corrected chi connectivity index (χ4v) is 5.82. The number of fused-ring (bicyclic) bond motifs is 1. The molecule has 1 aromatic heterocycles. The van der Waals surface area contributed by atoms with Gasteiger partial charge in [0, 0.05) is 17.0 Å². The zero-order chi connectivity index (χ0) is 26.9. The van der Waals surface area contributed by atoms with Gasteiger partial charge in [0.05, 0.1) is 22.4 Å². The average Bonchev–Trinajstić information content (AvgIpc) is 3.18. The number of hydrogen-bond acceptors (Lipinski definition) is 4. The molecule has 0 saturated heterocycles. The number of hydrogen-bond donors (Lipinski definition) is 1. The highest BCUT2D eigenvalue weighted by Gasteiger charge is 2.40. The van der Waals surface area contributed by atoms with E-state index >= 15 is 0 Å². The minimum atomic E-state index is -0.354. The van der Waals surface area contributed by atoms with Crippen molar-refractivity contribution in [2.75, 3.05) is 17.2 Å². The number of thioether (sulfide) groups is 1. The summed E-state index contributed by atoms with van der Waals surface area (Å²) >= 11 is 1.56. The lowest BCUT2D eigenvalue weighted by Crippen LogP contribution is -2.44. The van der Waals surface area contributed by atoms with Crippen molar-refractivity contribution < 1.29 is 14.0 Å². The molecule has 2 heterocycles. The number of anilines is 1. The van der Waals surface area contributed by atoms with E-state index in [1.165, 1.54) is 12.1 Å². The van der Waals surface area contributed by atoms with Gasteiger partial charge in [0.2, 0.25) is 11.8 Å². The van der Waals surface area contributed by atoms with Crippen molar-refractivity contribution >= 4 is 29.4 Å². The van der Waals surface area contributed by atoms with Crippen molar-refractivity contribution in [3.05, 3.63) is 76.7 Å². The summed E-state index contributed by atoms with van der Waals surface area (Å²) in [6.07, 6.45) is 0.790. The molecule has 1 N–H and O–H groups in total. The van der Waals surface area contributed by atoms with Gasteiger partial charge in [0.1, 0.15) is 18.2 Å². The third-order valence-corrected chi connectivity index (χ3v) is 7.90. The summed E-state index contributed by atoms with van der Waals surface area (Å²) < 4.78 is 15.6. The number of halogens is 1. The summed E-state index contributed by atoms with van der Waals surface area (Å²) in [5.41, 5.74) is 4.26. The standard InChI is InChI=1S/C29H35FN4O2S/c1-7-19(3)31-23(35)16-33-24(36)17-37-26(22-11-9-8-10-18(22)2)25-27(29(4,5)6)32-34(28(25)33)21-14-12-20(30)13-15-21/h8-15,19,26H,7,16-17H2,1-6H3,(H,31,35)/t19-,26+/m0/s1. The largest absolute Gasteiger partial charge is 0.352 e. The van der Waals surface area contributed by atoms with Crippen LogP contribution in [0, 0.1) is 12.7 Å². The van der Waals surface area contributed by atoms with Crippen molar-refractivity contribution in [2.45, 2.75) is 64.7 Å². The molecule has 2 aromatic carbocycles. The number of rotatable bonds is 6. The number of carbonyl (C=O) groups excluding carboxylic acids is 2. The van der Waals surface area contributed by atoms with E-state index in [-0.39, 0.29) is 46.6 Å². The predicted molar refractivity (Wildman–Crippen MR) is 148 cm³/mol. The van der Waals surface area contributed by atoms with E-state index in [4.69, 9.17) is 5.10 Å². The third-order valence-electron chi connectivity index (χ3n) is 6.66. The molecule has 0 fully saturated rings. The van der Waals surface area contributed by atoms with Gasteiger partial charge in [-0.3, -0.25) is 14.5 Å². The van der Waals surface area contributed by atoms with Crippen LogP contribution in [0.1, 0.15) is 68.7 Å². The van der Waals surface area contributed by atoms with E-state index in [9.17, 15) is 14.0 Å². The number of benzene rings is 2. The van der Waals surface area contributed by atoms with Crippen LogP contribution in [0.5, 0.6) is 0 Å². The summed E-state index contributed by atoms with van der Waals surface area (Å²) in [5, 5.41) is 7.86. The molecule has 4 rings (SSSR count). The molecular weight excluding hydrogens is 487 g/mol. The van der Waals surface area contributed by atoms with Crippen LogP contribution in [0.15, 0.2) is 48.5 Å². The fraction of sp³-hybridized carbons (Fsp3) is 0.414. The molecule has 0 radical (unpaired) electrons. The molecule has 196 valence electrons. The number of nitrogens with one attached hydrogen (secondary N) is 1. The molecular formula is C29H35FN4O2S. The lowest BCUT2D eigenvalue weighted by molar-refractivity contribution is -0.123. The Balaban J connectivity index is 1.99. The molecule has 1 aliphatic rings. The minimum absolute atomic E-state index is 0.00436. The van der Waals surface area contributed by atoms with Crippen molar-refractivity contribution in [3.8, 4) is 5.69 Å². The zero-order valence-corrected chi connectivity index (χ0v) is 23.2. The van der Waals surface area contributed by atoms with E-state index in [2.05, 4.69) is 45.1 Å². The first-order valence-corrected chi connectivity index (χ1v) is 13.7. The summed E-state index contributed by atoms with van der Waals surface area (Å²) in [6, 6.07) is 14.2. The maximum Gasteiger partial charge on any atom is 0.240 e. The highest BCUT2D eigenvalue weighted by molar-refractivity contribution is 8.00. The number of amides is 2. The number of carbonyl (C=O) groups is 2. The zero-order valence-electron chi connectivity index (χ0n) is 22.3. The molecule has 1 aliphatic heterocycles. The summed E-state index contributed by atoms with van der Waals surface area (Å²) in [7, 11) is 0. The Morgan fingerprint density at radius 1 is 1.19 bits per heavy atom. The lowest BCUT2D eigenvalue weighted by atomic mass is 9.86. The quantitative estimate of drug-likeness (QED) is 0.451. The normalized spacial score (nSPS) is 16.8. The minimum Gasteiger partial charge on any atom is -0.352 e. The smallest absolute Gasteiger partial charge is 0.240 e. The molecule has 0 aliphatic carbocycles. The number of aromatic nitrogens is 2. The van der Waals surface area contributed by atoms with Gasteiger partial charge in [-0.25, -0.2) is 9.07 Å². The van der Waals surface area contributed by atoms with Crippen molar-refractivity contribution in [1.82, 2.24) is 15.1 Å². The van der Waals surface area contributed by atoms with Gasteiger partial charge in [-0.15, -0.1) is 11.8 Å². The lowest BCUT2D eigenvalue weighted by Gasteiger charge is -2.25. The second-order valence-electron chi connectivity index (χ2n) is 10.6. The Labute approximate surface area is 222 Å². The van der Waals surface area contributed by atoms with Crippen molar-refractivity contribution in [2.24, 2.45) is 0 Å². The molecule has 8 heteroatoms. The van der Waals surface area contributed by atoms with E-state index in [1.807, 2.05) is 26.0 Å². The molecule has 37 heavy (non-hydrogen) atoms. The average molecular weight is 523 g/mol. The molecule has 0 bridgehead atoms. The van der Waals surface area contributed by atoms with Gasteiger partial charge in [-0.05, 0) is 55.7 Å². The van der Waals surface area contributed by atoms with Crippen molar-refractivity contribution in [3.63, 3.8) is 0 Å². The Bertz CT molecular complexity index is 1300. The predicted octanol–water partition coefficient (Wildman–Crippen LogP) is 5.70. The van der Waals surface area contributed by atoms with Gasteiger partial charge in [-0.1, -0.05) is 52.0 Å². The summed E-state index contributed by atoms with van der Waals surface area (Å²) in [4.78, 5) is 28.3. The first kappa shape index (κ1) is 26.9. The van der Waals surface area contributed by atoms with Crippen LogP contribution in [-0.4, -0.2) is 39.9 Å². The van der Waals surface area contributed by atoms with Crippen LogP contribution in [0.3, 0.4) is 0 Å². The van der Waals surface area contributed by atoms with Crippen LogP contribution in [-0.2, 0) is 15.0 Å².